The number of benzene rings is 2. The second kappa shape index (κ2) is 12.3. The second-order valence-corrected chi connectivity index (χ2v) is 8.02. The van der Waals surface area contributed by atoms with E-state index in [0.717, 1.165) is 0 Å². The smallest absolute Gasteiger partial charge is 0.334 e. The van der Waals surface area contributed by atoms with E-state index in [0.29, 0.717) is 35.1 Å². The highest BCUT2D eigenvalue weighted by Gasteiger charge is 2.26. The maximum absolute atomic E-state index is 12.3. The summed E-state index contributed by atoms with van der Waals surface area (Å²) >= 11 is 19.0. The van der Waals surface area contributed by atoms with Crippen LogP contribution in [0.15, 0.2) is 36.4 Å². The third-order valence-electron chi connectivity index (χ3n) is 4.60. The number of nitrogens with two attached hydrogens (primary N) is 1. The van der Waals surface area contributed by atoms with Gasteiger partial charge in [0.2, 0.25) is 0 Å². The van der Waals surface area contributed by atoms with E-state index >= 15 is 0 Å². The molecule has 0 bridgehead atoms. The van der Waals surface area contributed by atoms with Gasteiger partial charge in [-0.2, -0.15) is 5.26 Å². The number of carbonyl (C=O) groups is 1. The number of primary amides is 1. The van der Waals surface area contributed by atoms with Crippen LogP contribution in [0.4, 0.5) is 10.5 Å². The van der Waals surface area contributed by atoms with Crippen molar-refractivity contribution in [2.24, 2.45) is 5.73 Å². The maximum atomic E-state index is 12.3. The first kappa shape index (κ1) is 26.2. The van der Waals surface area contributed by atoms with Crippen LogP contribution in [0.25, 0.3) is 0 Å². The number of ether oxygens (including phenoxy) is 2. The molecular weight excluding hydrogens is 475 g/mol. The zero-order valence-corrected chi connectivity index (χ0v) is 20.3. The molecule has 2 amide bonds. The number of rotatable bonds is 10. The van der Waals surface area contributed by atoms with Crippen molar-refractivity contribution in [1.29, 1.82) is 5.26 Å². The minimum atomic E-state index is -0.742. The molecule has 7 nitrogen and oxygen atoms in total. The predicted molar refractivity (Wildman–Crippen MR) is 127 cm³/mol. The maximum Gasteiger partial charge on any atom is 0.334 e. The van der Waals surface area contributed by atoms with Gasteiger partial charge in [0.25, 0.3) is 0 Å². The van der Waals surface area contributed by atoms with Crippen LogP contribution < -0.4 is 10.7 Å². The highest BCUT2D eigenvalue weighted by molar-refractivity contribution is 6.36. The molecule has 0 aliphatic rings. The number of nitrogens with zero attached hydrogens (tertiary/aromatic N) is 3. The first-order valence-electron chi connectivity index (χ1n) is 9.91. The van der Waals surface area contributed by atoms with E-state index < -0.39 is 18.2 Å². The van der Waals surface area contributed by atoms with Crippen molar-refractivity contribution in [3.05, 3.63) is 62.6 Å². The summed E-state index contributed by atoms with van der Waals surface area (Å²) in [6.45, 7) is 4.82. The van der Waals surface area contributed by atoms with Crippen LogP contribution in [0.2, 0.25) is 15.1 Å². The van der Waals surface area contributed by atoms with Gasteiger partial charge in [-0.3, -0.25) is 0 Å². The molecule has 0 fully saturated rings. The van der Waals surface area contributed by atoms with E-state index in [1.807, 2.05) is 13.8 Å². The van der Waals surface area contributed by atoms with E-state index in [1.54, 1.807) is 48.5 Å². The topological polar surface area (TPSA) is 91.8 Å². The van der Waals surface area contributed by atoms with Crippen molar-refractivity contribution in [1.82, 2.24) is 5.01 Å². The molecule has 0 saturated carbocycles. The molecule has 10 heteroatoms. The molecule has 0 aliphatic carbocycles. The molecule has 0 heterocycles. The van der Waals surface area contributed by atoms with Gasteiger partial charge in [0.15, 0.2) is 6.29 Å². The van der Waals surface area contributed by atoms with Gasteiger partial charge in [0.1, 0.15) is 0 Å². The van der Waals surface area contributed by atoms with E-state index in [-0.39, 0.29) is 16.6 Å². The van der Waals surface area contributed by atoms with E-state index in [4.69, 9.17) is 50.0 Å². The van der Waals surface area contributed by atoms with Crippen molar-refractivity contribution in [3.8, 4) is 6.07 Å². The van der Waals surface area contributed by atoms with Crippen LogP contribution in [0, 0.1) is 11.3 Å². The molecular formula is C22H25Cl3N4O3. The van der Waals surface area contributed by atoms with Crippen LogP contribution in [0.1, 0.15) is 30.9 Å². The lowest BCUT2D eigenvalue weighted by Crippen LogP contribution is -2.50. The minimum Gasteiger partial charge on any atom is -0.351 e. The fourth-order valence-electron chi connectivity index (χ4n) is 3.25. The van der Waals surface area contributed by atoms with Gasteiger partial charge in [0.05, 0.1) is 24.2 Å². The summed E-state index contributed by atoms with van der Waals surface area (Å²) in [6.07, 6.45) is -0.560. The number of hydrogen-bond acceptors (Lipinski definition) is 5. The summed E-state index contributed by atoms with van der Waals surface area (Å²) in [5.41, 5.74) is 7.10. The molecule has 1 atom stereocenters. The van der Waals surface area contributed by atoms with Crippen molar-refractivity contribution in [3.63, 3.8) is 0 Å². The van der Waals surface area contributed by atoms with E-state index in [2.05, 4.69) is 6.07 Å². The van der Waals surface area contributed by atoms with Crippen LogP contribution in [-0.2, 0) is 9.47 Å². The van der Waals surface area contributed by atoms with Gasteiger partial charge in [0, 0.05) is 40.9 Å². The van der Waals surface area contributed by atoms with Crippen molar-refractivity contribution in [2.75, 3.05) is 31.8 Å². The Morgan fingerprint density at radius 3 is 2.06 bits per heavy atom. The van der Waals surface area contributed by atoms with Crippen LogP contribution >= 0.6 is 34.8 Å². The fraction of sp³-hybridized carbons (Fsp3) is 0.364. The molecule has 2 aromatic carbocycles. The molecule has 0 aliphatic heterocycles. The summed E-state index contributed by atoms with van der Waals surface area (Å²) in [7, 11) is 1.66. The van der Waals surface area contributed by atoms with Crippen molar-refractivity contribution >= 4 is 46.5 Å². The Morgan fingerprint density at radius 2 is 1.62 bits per heavy atom. The third-order valence-corrected chi connectivity index (χ3v) is 5.48. The summed E-state index contributed by atoms with van der Waals surface area (Å²) in [5.74, 6) is -0.721. The van der Waals surface area contributed by atoms with E-state index in [9.17, 15) is 10.1 Å². The molecule has 172 valence electrons. The zero-order chi connectivity index (χ0) is 23.8. The first-order chi connectivity index (χ1) is 15.2. The van der Waals surface area contributed by atoms with Crippen molar-refractivity contribution < 1.29 is 14.3 Å². The highest BCUT2D eigenvalue weighted by Crippen LogP contribution is 2.39. The molecule has 0 spiro atoms. The van der Waals surface area contributed by atoms with Crippen molar-refractivity contribution in [2.45, 2.75) is 26.1 Å². The Bertz CT molecular complexity index is 937. The standard InChI is InChI=1S/C22H25Cl3N4O3/c1-4-31-20(32-5-2)13-28(3)29(22(27)30)16-10-18(24)21(19(25)11-16)17(12-26)14-6-8-15(23)9-7-14/h6-11,17,20H,4-5,13H2,1-3H3,(H2,27,30). The van der Waals surface area contributed by atoms with Crippen LogP contribution in [0.5, 0.6) is 0 Å². The van der Waals surface area contributed by atoms with E-state index in [1.165, 1.54) is 5.01 Å². The Morgan fingerprint density at radius 1 is 1.09 bits per heavy atom. The number of halogens is 3. The largest absolute Gasteiger partial charge is 0.351 e. The number of likely N-dealkylation sites (N-methyl/N-ethyl adjacent to an activating group) is 1. The van der Waals surface area contributed by atoms with Crippen LogP contribution in [0.3, 0.4) is 0 Å². The number of anilines is 1. The van der Waals surface area contributed by atoms with Gasteiger partial charge < -0.3 is 15.2 Å². The number of carbonyl (C=O) groups excluding carboxylic acids is 1. The quantitative estimate of drug-likeness (QED) is 0.347. The number of hydrogen-bond donors (Lipinski definition) is 1. The molecule has 1 unspecified atom stereocenters. The molecule has 0 aromatic heterocycles. The normalized spacial score (nSPS) is 12.1. The zero-order valence-electron chi connectivity index (χ0n) is 18.0. The summed E-state index contributed by atoms with van der Waals surface area (Å²) in [5, 5.41) is 13.6. The highest BCUT2D eigenvalue weighted by atomic mass is 35.5. The van der Waals surface area contributed by atoms with Gasteiger partial charge in [-0.25, -0.2) is 14.8 Å². The fourth-order valence-corrected chi connectivity index (χ4v) is 4.07. The minimum absolute atomic E-state index is 0.222. The number of amides is 2. The average molecular weight is 500 g/mol. The Balaban J connectivity index is 2.41. The number of nitriles is 1. The van der Waals surface area contributed by atoms with Crippen LogP contribution in [-0.4, -0.2) is 44.1 Å². The molecule has 2 rings (SSSR count). The molecule has 0 saturated heterocycles. The monoisotopic (exact) mass is 498 g/mol. The first-order valence-corrected chi connectivity index (χ1v) is 11.0. The van der Waals surface area contributed by atoms with Gasteiger partial charge in [-0.05, 0) is 43.7 Å². The Kier molecular flexibility index (Phi) is 10.0. The summed E-state index contributed by atoms with van der Waals surface area (Å²) < 4.78 is 11.1. The Labute approximate surface area is 203 Å². The predicted octanol–water partition coefficient (Wildman–Crippen LogP) is 5.43. The van der Waals surface area contributed by atoms with Gasteiger partial charge in [-0.1, -0.05) is 46.9 Å². The van der Waals surface area contributed by atoms with Gasteiger partial charge in [-0.15, -0.1) is 0 Å². The third kappa shape index (κ3) is 6.48. The molecule has 32 heavy (non-hydrogen) atoms. The Hall–Kier alpha value is -2.05. The molecule has 2 aromatic rings. The number of urea groups is 1. The summed E-state index contributed by atoms with van der Waals surface area (Å²) in [6, 6.07) is 11.4. The van der Waals surface area contributed by atoms with Gasteiger partial charge >= 0.3 is 6.03 Å². The molecule has 2 N–H and O–H groups in total. The second-order valence-electron chi connectivity index (χ2n) is 6.77. The SMILES string of the molecule is CCOC(CN(C)N(C(N)=O)c1cc(Cl)c(C(C#N)c2ccc(Cl)cc2)c(Cl)c1)OCC. The lowest BCUT2D eigenvalue weighted by Gasteiger charge is -2.33. The lowest BCUT2D eigenvalue weighted by molar-refractivity contribution is -0.145. The average Bonchev–Trinajstić information content (AvgIpc) is 2.71. The molecule has 0 radical (unpaired) electrons. The summed E-state index contributed by atoms with van der Waals surface area (Å²) in [4.78, 5) is 12.3. The lowest BCUT2D eigenvalue weighted by atomic mass is 9.92. The number of hydrazine groups is 1.